The Hall–Kier alpha value is -1.35. The van der Waals surface area contributed by atoms with Crippen LogP contribution in [0.5, 0.6) is 11.5 Å². The SMILES string of the molecule is COc1ccc(S(=O)(=O)N2CCN(CC(C)C)C(CCO)C2)c(OC)c1. The van der Waals surface area contributed by atoms with Gasteiger partial charge in [0, 0.05) is 44.9 Å². The van der Waals surface area contributed by atoms with Crippen molar-refractivity contribution in [2.24, 2.45) is 5.92 Å². The van der Waals surface area contributed by atoms with Crippen LogP contribution < -0.4 is 9.47 Å². The molecule has 1 aromatic carbocycles. The Labute approximate surface area is 156 Å². The lowest BCUT2D eigenvalue weighted by atomic mass is 10.1. The maximum absolute atomic E-state index is 13.2. The molecule has 7 nitrogen and oxygen atoms in total. The molecule has 0 radical (unpaired) electrons. The molecule has 8 heteroatoms. The van der Waals surface area contributed by atoms with E-state index in [-0.39, 0.29) is 23.3 Å². The number of methoxy groups -OCH3 is 2. The van der Waals surface area contributed by atoms with Gasteiger partial charge in [0.2, 0.25) is 10.0 Å². The first-order valence-electron chi connectivity index (χ1n) is 8.90. The first-order chi connectivity index (χ1) is 12.3. The Morgan fingerprint density at radius 1 is 1.23 bits per heavy atom. The minimum absolute atomic E-state index is 0.00942. The molecular weight excluding hydrogens is 356 g/mol. The smallest absolute Gasteiger partial charge is 0.246 e. The lowest BCUT2D eigenvalue weighted by molar-refractivity contribution is 0.0852. The number of aliphatic hydroxyl groups is 1. The van der Waals surface area contributed by atoms with Crippen LogP contribution in [0.15, 0.2) is 23.1 Å². The van der Waals surface area contributed by atoms with Crippen molar-refractivity contribution in [2.45, 2.75) is 31.2 Å². The molecular formula is C18H30N2O5S. The van der Waals surface area contributed by atoms with E-state index >= 15 is 0 Å². The van der Waals surface area contributed by atoms with Gasteiger partial charge in [0.25, 0.3) is 0 Å². The van der Waals surface area contributed by atoms with Gasteiger partial charge in [-0.05, 0) is 24.5 Å². The second kappa shape index (κ2) is 9.03. The number of hydrogen-bond acceptors (Lipinski definition) is 6. The summed E-state index contributed by atoms with van der Waals surface area (Å²) in [5.41, 5.74) is 0. The average molecular weight is 387 g/mol. The highest BCUT2D eigenvalue weighted by Gasteiger charge is 2.35. The molecule has 0 saturated carbocycles. The van der Waals surface area contributed by atoms with Crippen LogP contribution in [0.3, 0.4) is 0 Å². The van der Waals surface area contributed by atoms with Gasteiger partial charge < -0.3 is 14.6 Å². The van der Waals surface area contributed by atoms with Gasteiger partial charge in [-0.3, -0.25) is 4.90 Å². The topological polar surface area (TPSA) is 79.3 Å². The van der Waals surface area contributed by atoms with Crippen molar-refractivity contribution < 1.29 is 23.0 Å². The molecule has 1 saturated heterocycles. The van der Waals surface area contributed by atoms with Crippen LogP contribution in [0.25, 0.3) is 0 Å². The quantitative estimate of drug-likeness (QED) is 0.728. The van der Waals surface area contributed by atoms with Gasteiger partial charge in [0.1, 0.15) is 16.4 Å². The van der Waals surface area contributed by atoms with Crippen molar-refractivity contribution >= 4 is 10.0 Å². The van der Waals surface area contributed by atoms with E-state index in [4.69, 9.17) is 9.47 Å². The predicted molar refractivity (Wildman–Crippen MR) is 100 cm³/mol. The Morgan fingerprint density at radius 2 is 1.96 bits per heavy atom. The number of sulfonamides is 1. The minimum atomic E-state index is -3.69. The number of nitrogens with zero attached hydrogens (tertiary/aromatic N) is 2. The number of benzene rings is 1. The molecule has 1 aromatic rings. The Kier molecular flexibility index (Phi) is 7.28. The number of rotatable bonds is 8. The van der Waals surface area contributed by atoms with Crippen LogP contribution in [0, 0.1) is 5.92 Å². The largest absolute Gasteiger partial charge is 0.497 e. The molecule has 0 aromatic heterocycles. The zero-order chi connectivity index (χ0) is 19.3. The van der Waals surface area contributed by atoms with Crippen molar-refractivity contribution in [3.05, 3.63) is 18.2 Å². The summed E-state index contributed by atoms with van der Waals surface area (Å²) in [4.78, 5) is 2.42. The summed E-state index contributed by atoms with van der Waals surface area (Å²) in [5, 5.41) is 9.39. The van der Waals surface area contributed by atoms with E-state index in [9.17, 15) is 13.5 Å². The summed E-state index contributed by atoms with van der Waals surface area (Å²) in [5.74, 6) is 1.30. The minimum Gasteiger partial charge on any atom is -0.497 e. The molecule has 148 valence electrons. The van der Waals surface area contributed by atoms with Crippen LogP contribution in [-0.4, -0.2) is 75.8 Å². The Bertz CT molecular complexity index is 693. The van der Waals surface area contributed by atoms with Crippen molar-refractivity contribution in [1.29, 1.82) is 0 Å². The number of aliphatic hydroxyl groups excluding tert-OH is 1. The molecule has 1 heterocycles. The summed E-state index contributed by atoms with van der Waals surface area (Å²) in [6, 6.07) is 4.73. The monoisotopic (exact) mass is 386 g/mol. The molecule has 1 unspecified atom stereocenters. The van der Waals surface area contributed by atoms with E-state index in [0.717, 1.165) is 6.54 Å². The molecule has 0 bridgehead atoms. The molecule has 0 aliphatic carbocycles. The van der Waals surface area contributed by atoms with Gasteiger partial charge in [0.15, 0.2) is 0 Å². The molecule has 1 aliphatic heterocycles. The summed E-state index contributed by atoms with van der Waals surface area (Å²) >= 11 is 0. The van der Waals surface area contributed by atoms with Gasteiger partial charge in [0.05, 0.1) is 14.2 Å². The highest BCUT2D eigenvalue weighted by atomic mass is 32.2. The van der Waals surface area contributed by atoms with Gasteiger partial charge in [-0.25, -0.2) is 8.42 Å². The van der Waals surface area contributed by atoms with Crippen molar-refractivity contribution in [3.63, 3.8) is 0 Å². The van der Waals surface area contributed by atoms with E-state index in [0.29, 0.717) is 37.7 Å². The maximum atomic E-state index is 13.2. The van der Waals surface area contributed by atoms with Crippen LogP contribution in [0.2, 0.25) is 0 Å². The van der Waals surface area contributed by atoms with Crippen LogP contribution in [0.1, 0.15) is 20.3 Å². The van der Waals surface area contributed by atoms with Gasteiger partial charge in [-0.1, -0.05) is 13.8 Å². The second-order valence-electron chi connectivity index (χ2n) is 6.93. The normalized spacial score (nSPS) is 19.7. The second-order valence-corrected chi connectivity index (χ2v) is 8.84. The third-order valence-corrected chi connectivity index (χ3v) is 6.52. The summed E-state index contributed by atoms with van der Waals surface area (Å²) < 4.78 is 38.3. The highest BCUT2D eigenvalue weighted by molar-refractivity contribution is 7.89. The lowest BCUT2D eigenvalue weighted by Gasteiger charge is -2.41. The fraction of sp³-hybridized carbons (Fsp3) is 0.667. The number of hydrogen-bond donors (Lipinski definition) is 1. The van der Waals surface area contributed by atoms with Crippen molar-refractivity contribution in [3.8, 4) is 11.5 Å². The molecule has 26 heavy (non-hydrogen) atoms. The summed E-state index contributed by atoms with van der Waals surface area (Å²) in [7, 11) is -0.717. The first-order valence-corrected chi connectivity index (χ1v) is 10.3. The van der Waals surface area contributed by atoms with E-state index in [1.54, 1.807) is 12.1 Å². The molecule has 1 atom stereocenters. The molecule has 2 rings (SSSR count). The fourth-order valence-corrected chi connectivity index (χ4v) is 4.95. The Balaban J connectivity index is 2.26. The highest BCUT2D eigenvalue weighted by Crippen LogP contribution is 2.31. The number of ether oxygens (including phenoxy) is 2. The van der Waals surface area contributed by atoms with E-state index < -0.39 is 10.0 Å². The molecule has 0 spiro atoms. The third kappa shape index (κ3) is 4.68. The summed E-state index contributed by atoms with van der Waals surface area (Å²) in [6.45, 7) is 6.66. The van der Waals surface area contributed by atoms with Gasteiger partial charge in [-0.15, -0.1) is 0 Å². The zero-order valence-corrected chi connectivity index (χ0v) is 16.8. The van der Waals surface area contributed by atoms with Crippen molar-refractivity contribution in [2.75, 3.05) is 47.0 Å². The summed E-state index contributed by atoms with van der Waals surface area (Å²) in [6.07, 6.45) is 0.554. The number of piperazine rings is 1. The average Bonchev–Trinajstić information content (AvgIpc) is 2.62. The molecule has 1 N–H and O–H groups in total. The van der Waals surface area contributed by atoms with Gasteiger partial charge in [-0.2, -0.15) is 4.31 Å². The van der Waals surface area contributed by atoms with E-state index in [1.807, 2.05) is 0 Å². The van der Waals surface area contributed by atoms with E-state index in [2.05, 4.69) is 18.7 Å². The fourth-order valence-electron chi connectivity index (χ4n) is 3.34. The molecule has 1 fully saturated rings. The Morgan fingerprint density at radius 3 is 2.54 bits per heavy atom. The third-order valence-electron chi connectivity index (χ3n) is 4.62. The van der Waals surface area contributed by atoms with Crippen LogP contribution >= 0.6 is 0 Å². The lowest BCUT2D eigenvalue weighted by Crippen LogP contribution is -2.55. The molecule has 0 amide bonds. The standard InChI is InChI=1S/C18H30N2O5S/c1-14(2)12-19-8-9-20(13-15(19)7-10-21)26(22,23)18-6-5-16(24-3)11-17(18)25-4/h5-6,11,14-15,21H,7-10,12-13H2,1-4H3. The zero-order valence-electron chi connectivity index (χ0n) is 16.0. The van der Waals surface area contributed by atoms with Crippen LogP contribution in [-0.2, 0) is 10.0 Å². The maximum Gasteiger partial charge on any atom is 0.246 e. The predicted octanol–water partition coefficient (Wildman–Crippen LogP) is 1.42. The molecule has 1 aliphatic rings. The van der Waals surface area contributed by atoms with Gasteiger partial charge >= 0.3 is 0 Å². The van der Waals surface area contributed by atoms with Crippen molar-refractivity contribution in [1.82, 2.24) is 9.21 Å². The van der Waals surface area contributed by atoms with E-state index in [1.165, 1.54) is 24.6 Å². The first kappa shape index (κ1) is 21.0. The van der Waals surface area contributed by atoms with Crippen LogP contribution in [0.4, 0.5) is 0 Å².